The van der Waals surface area contributed by atoms with Crippen molar-refractivity contribution in [2.24, 2.45) is 17.8 Å². The van der Waals surface area contributed by atoms with Crippen LogP contribution in [0.3, 0.4) is 0 Å². The Kier molecular flexibility index (Phi) is 3.84. The summed E-state index contributed by atoms with van der Waals surface area (Å²) >= 11 is 0. The zero-order valence-corrected chi connectivity index (χ0v) is 12.6. The van der Waals surface area contributed by atoms with Gasteiger partial charge in [0.15, 0.2) is 11.9 Å². The first kappa shape index (κ1) is 14.7. The van der Waals surface area contributed by atoms with Gasteiger partial charge in [0.2, 0.25) is 5.79 Å². The van der Waals surface area contributed by atoms with Gasteiger partial charge in [0.05, 0.1) is 0 Å². The fourth-order valence-corrected chi connectivity index (χ4v) is 4.33. The van der Waals surface area contributed by atoms with E-state index in [0.29, 0.717) is 12.3 Å². The first-order valence-corrected chi connectivity index (χ1v) is 7.75. The molecule has 20 heavy (non-hydrogen) atoms. The molecule has 0 aromatic carbocycles. The van der Waals surface area contributed by atoms with Gasteiger partial charge in [-0.25, -0.2) is 9.78 Å². The van der Waals surface area contributed by atoms with Crippen LogP contribution in [-0.4, -0.2) is 36.5 Å². The van der Waals surface area contributed by atoms with Gasteiger partial charge >= 0.3 is 0 Å². The third-order valence-corrected chi connectivity index (χ3v) is 5.67. The second-order valence-electron chi connectivity index (χ2n) is 6.70. The summed E-state index contributed by atoms with van der Waals surface area (Å²) in [5.41, 5.74) is -0.569. The molecular formula is C15H26O5. The van der Waals surface area contributed by atoms with Crippen LogP contribution >= 0.6 is 0 Å². The fraction of sp³-hybridized carbons (Fsp3) is 1.00. The van der Waals surface area contributed by atoms with Crippen molar-refractivity contribution >= 4 is 0 Å². The van der Waals surface area contributed by atoms with E-state index in [4.69, 9.17) is 19.2 Å². The van der Waals surface area contributed by atoms with Gasteiger partial charge in [-0.3, -0.25) is 0 Å². The smallest absolute Gasteiger partial charge is 0.204 e. The van der Waals surface area contributed by atoms with Crippen LogP contribution in [0.1, 0.15) is 46.0 Å². The molecule has 0 radical (unpaired) electrons. The van der Waals surface area contributed by atoms with Crippen molar-refractivity contribution in [3.63, 3.8) is 0 Å². The van der Waals surface area contributed by atoms with Gasteiger partial charge < -0.3 is 14.6 Å². The average molecular weight is 286 g/mol. The number of rotatable bonds is 3. The third-order valence-electron chi connectivity index (χ3n) is 5.67. The molecule has 4 rings (SSSR count). The Labute approximate surface area is 120 Å². The highest BCUT2D eigenvalue weighted by Crippen LogP contribution is 2.56. The molecule has 0 amide bonds. The van der Waals surface area contributed by atoms with Crippen molar-refractivity contribution in [1.29, 1.82) is 0 Å². The van der Waals surface area contributed by atoms with Crippen molar-refractivity contribution in [1.82, 2.24) is 0 Å². The Morgan fingerprint density at radius 3 is 2.80 bits per heavy atom. The second kappa shape index (κ2) is 5.21. The van der Waals surface area contributed by atoms with Crippen LogP contribution in [0.15, 0.2) is 0 Å². The summed E-state index contributed by atoms with van der Waals surface area (Å²) in [4.78, 5) is 11.7. The summed E-state index contributed by atoms with van der Waals surface area (Å²) in [6, 6.07) is 0. The molecule has 2 bridgehead atoms. The molecule has 5 nitrogen and oxygen atoms in total. The lowest BCUT2D eigenvalue weighted by Crippen LogP contribution is -2.63. The molecule has 3 aliphatic heterocycles. The summed E-state index contributed by atoms with van der Waals surface area (Å²) in [6.07, 6.45) is 4.59. The Morgan fingerprint density at radius 2 is 2.10 bits per heavy atom. The van der Waals surface area contributed by atoms with Crippen molar-refractivity contribution in [2.75, 3.05) is 13.7 Å². The van der Waals surface area contributed by atoms with E-state index < -0.39 is 17.7 Å². The molecule has 0 aromatic rings. The molecule has 4 aliphatic rings. The lowest BCUT2D eigenvalue weighted by atomic mass is 9.65. The van der Waals surface area contributed by atoms with Gasteiger partial charge in [-0.05, 0) is 44.4 Å². The van der Waals surface area contributed by atoms with Gasteiger partial charge in [-0.2, -0.15) is 0 Å². The van der Waals surface area contributed by atoms with Crippen LogP contribution in [0.2, 0.25) is 0 Å². The number of hydrogen-bond acceptors (Lipinski definition) is 5. The van der Waals surface area contributed by atoms with Crippen molar-refractivity contribution in [2.45, 2.75) is 63.6 Å². The highest BCUT2D eigenvalue weighted by molar-refractivity contribution is 5.04. The number of fused-ring (bicyclic) bond motifs is 3. The molecule has 1 spiro atoms. The predicted molar refractivity (Wildman–Crippen MR) is 71.5 cm³/mol. The number of hydrogen-bond donors (Lipinski definition) is 1. The molecular weight excluding hydrogens is 260 g/mol. The van der Waals surface area contributed by atoms with Crippen molar-refractivity contribution < 1.29 is 24.4 Å². The standard InChI is InChI=1S/C15H26O5/c1-10-9-12-6-4-5-11(7-8-16)15(12)13(17-3)18-14(10,2)19-20-15/h10-13,16H,4-9H2,1-3H3/t10-,11-,12+,13-,14-,15?/m0/s1. The van der Waals surface area contributed by atoms with E-state index in [1.165, 1.54) is 6.42 Å². The van der Waals surface area contributed by atoms with E-state index in [9.17, 15) is 5.11 Å². The van der Waals surface area contributed by atoms with E-state index in [1.54, 1.807) is 7.11 Å². The number of aliphatic hydroxyl groups is 1. The summed E-state index contributed by atoms with van der Waals surface area (Å²) < 4.78 is 11.8. The third kappa shape index (κ3) is 1.95. The van der Waals surface area contributed by atoms with E-state index in [0.717, 1.165) is 19.3 Å². The zero-order valence-electron chi connectivity index (χ0n) is 12.6. The molecule has 1 aliphatic carbocycles. The van der Waals surface area contributed by atoms with Crippen LogP contribution in [0.5, 0.6) is 0 Å². The summed E-state index contributed by atoms with van der Waals surface area (Å²) in [5.74, 6) is 0.0815. The Morgan fingerprint density at radius 1 is 1.30 bits per heavy atom. The first-order chi connectivity index (χ1) is 9.56. The maximum atomic E-state index is 9.39. The van der Waals surface area contributed by atoms with Gasteiger partial charge in [-0.1, -0.05) is 13.3 Å². The Bertz CT molecular complexity index is 356. The predicted octanol–water partition coefficient (Wildman–Crippen LogP) is 2.23. The summed E-state index contributed by atoms with van der Waals surface area (Å²) in [6.45, 7) is 4.23. The van der Waals surface area contributed by atoms with Crippen molar-refractivity contribution in [3.05, 3.63) is 0 Å². The maximum Gasteiger partial charge on any atom is 0.204 e. The van der Waals surface area contributed by atoms with E-state index >= 15 is 0 Å². The van der Waals surface area contributed by atoms with Gasteiger partial charge in [0.1, 0.15) is 0 Å². The van der Waals surface area contributed by atoms with Gasteiger partial charge in [-0.15, -0.1) is 0 Å². The SMILES string of the molecule is CO[C@H]1O[C@@]2(C)OOC13[C@H](CCO)CCC[C@@H]3C[C@@H]2C. The molecule has 0 aromatic heterocycles. The lowest BCUT2D eigenvalue weighted by molar-refractivity contribution is -0.560. The summed E-state index contributed by atoms with van der Waals surface area (Å²) in [7, 11) is 1.67. The second-order valence-corrected chi connectivity index (χ2v) is 6.70. The van der Waals surface area contributed by atoms with Gasteiger partial charge in [0.25, 0.3) is 0 Å². The van der Waals surface area contributed by atoms with Crippen LogP contribution in [-0.2, 0) is 19.2 Å². The molecule has 1 N–H and O–H groups in total. The number of aliphatic hydroxyl groups excluding tert-OH is 1. The quantitative estimate of drug-likeness (QED) is 0.806. The summed E-state index contributed by atoms with van der Waals surface area (Å²) in [5, 5.41) is 9.39. The van der Waals surface area contributed by atoms with Crippen LogP contribution in [0.25, 0.3) is 0 Å². The highest BCUT2D eigenvalue weighted by Gasteiger charge is 2.65. The molecule has 3 saturated heterocycles. The van der Waals surface area contributed by atoms with E-state index in [2.05, 4.69) is 6.92 Å². The van der Waals surface area contributed by atoms with Crippen LogP contribution in [0, 0.1) is 17.8 Å². The first-order valence-electron chi connectivity index (χ1n) is 7.75. The fourth-order valence-electron chi connectivity index (χ4n) is 4.33. The average Bonchev–Trinajstić information content (AvgIpc) is 2.61. The van der Waals surface area contributed by atoms with Crippen LogP contribution in [0.4, 0.5) is 0 Å². The maximum absolute atomic E-state index is 9.39. The molecule has 5 heteroatoms. The monoisotopic (exact) mass is 286 g/mol. The molecule has 3 heterocycles. The zero-order chi connectivity index (χ0) is 14.4. The number of ether oxygens (including phenoxy) is 2. The minimum absolute atomic E-state index is 0.158. The minimum atomic E-state index is -0.743. The van der Waals surface area contributed by atoms with E-state index in [1.807, 2.05) is 6.92 Å². The molecule has 1 unspecified atom stereocenters. The topological polar surface area (TPSA) is 57.2 Å². The largest absolute Gasteiger partial charge is 0.396 e. The number of methoxy groups -OCH3 is 1. The Balaban J connectivity index is 2.00. The molecule has 116 valence electrons. The lowest BCUT2D eigenvalue weighted by Gasteiger charge is -2.53. The Hall–Kier alpha value is -0.200. The van der Waals surface area contributed by atoms with Crippen molar-refractivity contribution in [3.8, 4) is 0 Å². The minimum Gasteiger partial charge on any atom is -0.396 e. The van der Waals surface area contributed by atoms with Gasteiger partial charge in [0, 0.05) is 19.6 Å². The molecule has 1 saturated carbocycles. The van der Waals surface area contributed by atoms with E-state index in [-0.39, 0.29) is 18.4 Å². The molecule has 4 fully saturated rings. The van der Waals surface area contributed by atoms with Crippen LogP contribution < -0.4 is 0 Å². The highest BCUT2D eigenvalue weighted by atomic mass is 17.3. The normalized spacial score (nSPS) is 51.6. The molecule has 6 atom stereocenters.